The van der Waals surface area contributed by atoms with Crippen LogP contribution in [0.2, 0.25) is 0 Å². The highest BCUT2D eigenvalue weighted by Crippen LogP contribution is 2.38. The van der Waals surface area contributed by atoms with Gasteiger partial charge in [-0.1, -0.05) is 66.7 Å². The zero-order chi connectivity index (χ0) is 18.8. The summed E-state index contributed by atoms with van der Waals surface area (Å²) in [6, 6.07) is 27.6. The van der Waals surface area contributed by atoms with Crippen molar-refractivity contribution in [2.75, 3.05) is 14.2 Å². The van der Waals surface area contributed by atoms with Gasteiger partial charge in [0.1, 0.15) is 0 Å². The van der Waals surface area contributed by atoms with Crippen LogP contribution >= 0.6 is 0 Å². The molecule has 0 heterocycles. The van der Waals surface area contributed by atoms with Gasteiger partial charge in [0.05, 0.1) is 14.2 Å². The normalized spacial score (nSPS) is 10.8. The Labute approximate surface area is 160 Å². The molecule has 0 aliphatic carbocycles. The van der Waals surface area contributed by atoms with E-state index in [2.05, 4.69) is 79.7 Å². The fraction of sp³-hybridized carbons (Fsp3) is 0.120. The van der Waals surface area contributed by atoms with E-state index in [9.17, 15) is 0 Å². The summed E-state index contributed by atoms with van der Waals surface area (Å²) in [7, 11) is 3.35. The molecule has 0 amide bonds. The second kappa shape index (κ2) is 7.16. The van der Waals surface area contributed by atoms with Crippen molar-refractivity contribution >= 4 is 10.8 Å². The molecule has 2 heteroatoms. The minimum atomic E-state index is 0.748. The summed E-state index contributed by atoms with van der Waals surface area (Å²) in [5.41, 5.74) is 6.04. The summed E-state index contributed by atoms with van der Waals surface area (Å²) in [5.74, 6) is 1.50. The summed E-state index contributed by atoms with van der Waals surface area (Å²) < 4.78 is 11.0. The van der Waals surface area contributed by atoms with Crippen molar-refractivity contribution < 1.29 is 9.47 Å². The van der Waals surface area contributed by atoms with Crippen molar-refractivity contribution in [3.63, 3.8) is 0 Å². The van der Waals surface area contributed by atoms with Crippen LogP contribution in [0.5, 0.6) is 11.5 Å². The zero-order valence-corrected chi connectivity index (χ0v) is 15.8. The van der Waals surface area contributed by atoms with Gasteiger partial charge < -0.3 is 9.47 Å². The highest BCUT2D eigenvalue weighted by molar-refractivity contribution is 6.00. The molecule has 0 bridgehead atoms. The number of methoxy groups -OCH3 is 2. The van der Waals surface area contributed by atoms with Crippen molar-refractivity contribution in [1.82, 2.24) is 0 Å². The van der Waals surface area contributed by atoms with Crippen molar-refractivity contribution in [2.24, 2.45) is 0 Å². The van der Waals surface area contributed by atoms with Gasteiger partial charge in [-0.3, -0.25) is 0 Å². The first kappa shape index (κ1) is 17.2. The van der Waals surface area contributed by atoms with Crippen LogP contribution < -0.4 is 9.47 Å². The highest BCUT2D eigenvalue weighted by Gasteiger charge is 2.12. The number of hydrogen-bond donors (Lipinski definition) is 0. The van der Waals surface area contributed by atoms with Gasteiger partial charge in [-0.25, -0.2) is 0 Å². The molecule has 0 unspecified atom stereocenters. The highest BCUT2D eigenvalue weighted by atomic mass is 16.5. The largest absolute Gasteiger partial charge is 0.493 e. The molecule has 0 radical (unpaired) electrons. The lowest BCUT2D eigenvalue weighted by Gasteiger charge is -2.14. The Bertz CT molecular complexity index is 1080. The Morgan fingerprint density at radius 2 is 1.11 bits per heavy atom. The van der Waals surface area contributed by atoms with Crippen molar-refractivity contribution in [3.8, 4) is 33.8 Å². The van der Waals surface area contributed by atoms with E-state index in [1.807, 2.05) is 6.07 Å². The third-order valence-electron chi connectivity index (χ3n) is 5.04. The van der Waals surface area contributed by atoms with E-state index in [0.29, 0.717) is 0 Å². The molecule has 0 fully saturated rings. The fourth-order valence-electron chi connectivity index (χ4n) is 3.54. The lowest BCUT2D eigenvalue weighted by molar-refractivity contribution is 0.356. The monoisotopic (exact) mass is 354 g/mol. The Morgan fingerprint density at radius 3 is 1.74 bits per heavy atom. The van der Waals surface area contributed by atoms with Gasteiger partial charge in [0.15, 0.2) is 11.5 Å². The first-order valence-corrected chi connectivity index (χ1v) is 9.02. The van der Waals surface area contributed by atoms with Gasteiger partial charge in [-0.2, -0.15) is 0 Å². The minimum absolute atomic E-state index is 0.748. The third-order valence-corrected chi connectivity index (χ3v) is 5.04. The summed E-state index contributed by atoms with van der Waals surface area (Å²) in [6.45, 7) is 2.12. The number of ether oxygens (including phenoxy) is 2. The van der Waals surface area contributed by atoms with Gasteiger partial charge >= 0.3 is 0 Å². The predicted molar refractivity (Wildman–Crippen MR) is 113 cm³/mol. The van der Waals surface area contributed by atoms with E-state index >= 15 is 0 Å². The standard InChI is InChI=1S/C25H22O2/c1-17-9-14-21(23-16-25(27-3)24(26-2)15-22(17)23)20-12-10-19(11-13-20)18-7-5-4-6-8-18/h4-16H,1-3H3. The molecular weight excluding hydrogens is 332 g/mol. The van der Waals surface area contributed by atoms with Crippen molar-refractivity contribution in [3.05, 3.63) is 84.4 Å². The maximum atomic E-state index is 5.53. The van der Waals surface area contributed by atoms with Crippen LogP contribution in [0.4, 0.5) is 0 Å². The molecular formula is C25H22O2. The average Bonchev–Trinajstić information content (AvgIpc) is 2.74. The second-order valence-corrected chi connectivity index (χ2v) is 6.63. The van der Waals surface area contributed by atoms with E-state index in [-0.39, 0.29) is 0 Å². The molecule has 0 aliphatic rings. The maximum Gasteiger partial charge on any atom is 0.161 e. The summed E-state index contributed by atoms with van der Waals surface area (Å²) in [4.78, 5) is 0. The smallest absolute Gasteiger partial charge is 0.161 e. The lowest BCUT2D eigenvalue weighted by Crippen LogP contribution is -1.93. The Kier molecular flexibility index (Phi) is 4.55. The molecule has 0 aromatic heterocycles. The van der Waals surface area contributed by atoms with Crippen LogP contribution in [-0.4, -0.2) is 14.2 Å². The quantitative estimate of drug-likeness (QED) is 0.416. The number of fused-ring (bicyclic) bond motifs is 1. The van der Waals surface area contributed by atoms with Crippen LogP contribution in [0.3, 0.4) is 0 Å². The Balaban J connectivity index is 1.85. The summed E-state index contributed by atoms with van der Waals surface area (Å²) in [5, 5.41) is 2.34. The van der Waals surface area contributed by atoms with E-state index in [1.54, 1.807) is 14.2 Å². The second-order valence-electron chi connectivity index (χ2n) is 6.63. The molecule has 4 rings (SSSR count). The number of rotatable bonds is 4. The molecule has 0 spiro atoms. The van der Waals surface area contributed by atoms with Gasteiger partial charge in [0.2, 0.25) is 0 Å². The predicted octanol–water partition coefficient (Wildman–Crippen LogP) is 6.50. The third kappa shape index (κ3) is 3.15. The molecule has 134 valence electrons. The fourth-order valence-corrected chi connectivity index (χ4v) is 3.54. The average molecular weight is 354 g/mol. The van der Waals surface area contributed by atoms with Crippen LogP contribution in [-0.2, 0) is 0 Å². The van der Waals surface area contributed by atoms with E-state index in [4.69, 9.17) is 9.47 Å². The SMILES string of the molecule is COc1cc2c(C)ccc(-c3ccc(-c4ccccc4)cc3)c2cc1OC. The Morgan fingerprint density at radius 1 is 0.556 bits per heavy atom. The molecule has 4 aromatic carbocycles. The molecule has 0 N–H and O–H groups in total. The molecule has 0 saturated carbocycles. The topological polar surface area (TPSA) is 18.5 Å². The van der Waals surface area contributed by atoms with E-state index in [1.165, 1.54) is 38.6 Å². The van der Waals surface area contributed by atoms with E-state index < -0.39 is 0 Å². The van der Waals surface area contributed by atoms with Crippen LogP contribution in [0.15, 0.2) is 78.9 Å². The summed E-state index contributed by atoms with van der Waals surface area (Å²) >= 11 is 0. The molecule has 0 aliphatic heterocycles. The first-order valence-electron chi connectivity index (χ1n) is 9.02. The van der Waals surface area contributed by atoms with Gasteiger partial charge in [0, 0.05) is 0 Å². The maximum absolute atomic E-state index is 5.53. The number of aryl methyl sites for hydroxylation is 1. The molecule has 4 aromatic rings. The van der Waals surface area contributed by atoms with Gasteiger partial charge in [0.25, 0.3) is 0 Å². The molecule has 27 heavy (non-hydrogen) atoms. The van der Waals surface area contributed by atoms with Crippen molar-refractivity contribution in [1.29, 1.82) is 0 Å². The van der Waals surface area contributed by atoms with Crippen LogP contribution in [0, 0.1) is 6.92 Å². The van der Waals surface area contributed by atoms with Crippen LogP contribution in [0.25, 0.3) is 33.0 Å². The number of hydrogen-bond acceptors (Lipinski definition) is 2. The van der Waals surface area contributed by atoms with Gasteiger partial charge in [-0.15, -0.1) is 0 Å². The van der Waals surface area contributed by atoms with E-state index in [0.717, 1.165) is 11.5 Å². The minimum Gasteiger partial charge on any atom is -0.493 e. The van der Waals surface area contributed by atoms with Crippen LogP contribution in [0.1, 0.15) is 5.56 Å². The van der Waals surface area contributed by atoms with Gasteiger partial charge in [-0.05, 0) is 57.6 Å². The first-order chi connectivity index (χ1) is 13.2. The number of benzene rings is 4. The molecule has 2 nitrogen and oxygen atoms in total. The lowest BCUT2D eigenvalue weighted by atomic mass is 9.94. The zero-order valence-electron chi connectivity index (χ0n) is 15.8. The van der Waals surface area contributed by atoms with Crippen molar-refractivity contribution in [2.45, 2.75) is 6.92 Å². The molecule has 0 saturated heterocycles. The summed E-state index contributed by atoms with van der Waals surface area (Å²) in [6.07, 6.45) is 0. The Hall–Kier alpha value is -3.26. The molecule has 0 atom stereocenters.